The molecule has 1 unspecified atom stereocenters. The maximum Gasteiger partial charge on any atom is 0.0271 e. The third kappa shape index (κ3) is 1.50. The van der Waals surface area contributed by atoms with E-state index < -0.39 is 0 Å². The van der Waals surface area contributed by atoms with Gasteiger partial charge in [0.15, 0.2) is 0 Å². The lowest BCUT2D eigenvalue weighted by atomic mass is 10.1. The van der Waals surface area contributed by atoms with Crippen LogP contribution in [-0.4, -0.2) is 4.98 Å². The van der Waals surface area contributed by atoms with Gasteiger partial charge in [-0.2, -0.15) is 0 Å². The zero-order chi connectivity index (χ0) is 6.69. The predicted molar refractivity (Wildman–Crippen MR) is 39.0 cm³/mol. The monoisotopic (exact) mass is 124 g/mol. The van der Waals surface area contributed by atoms with E-state index in [0.717, 1.165) is 5.56 Å². The van der Waals surface area contributed by atoms with Gasteiger partial charge in [0.2, 0.25) is 0 Å². The zero-order valence-corrected chi connectivity index (χ0v) is 5.41. The van der Waals surface area contributed by atoms with E-state index in [4.69, 9.17) is 5.73 Å². The van der Waals surface area contributed by atoms with Crippen molar-refractivity contribution in [2.45, 2.75) is 13.0 Å². The normalized spacial score (nSPS) is 13.1. The van der Waals surface area contributed by atoms with Gasteiger partial charge in [-0.25, -0.2) is 0 Å². The van der Waals surface area contributed by atoms with Crippen molar-refractivity contribution < 1.29 is 1.43 Å². The molecule has 2 nitrogen and oxygen atoms in total. The van der Waals surface area contributed by atoms with Crippen molar-refractivity contribution in [1.29, 1.82) is 0 Å². The molecule has 9 heavy (non-hydrogen) atoms. The Bertz CT molecular complexity index is 174. The molecule has 1 aromatic rings. The summed E-state index contributed by atoms with van der Waals surface area (Å²) in [5.41, 5.74) is 6.72. The Morgan fingerprint density at radius 3 is 2.44 bits per heavy atom. The summed E-state index contributed by atoms with van der Waals surface area (Å²) in [5.74, 6) is 0. The third-order valence-corrected chi connectivity index (χ3v) is 1.23. The summed E-state index contributed by atoms with van der Waals surface area (Å²) in [6.07, 6.45) is 3.50. The van der Waals surface area contributed by atoms with E-state index in [9.17, 15) is 0 Å². The Hall–Kier alpha value is -0.890. The van der Waals surface area contributed by atoms with E-state index >= 15 is 0 Å². The molecule has 0 amide bonds. The van der Waals surface area contributed by atoms with E-state index in [1.165, 1.54) is 0 Å². The number of aromatic nitrogens is 1. The molecule has 1 heterocycles. The minimum Gasteiger partial charge on any atom is -0.324 e. The molecule has 1 aromatic heterocycles. The molecular weight excluding hydrogens is 112 g/mol. The molecule has 2 heteroatoms. The van der Waals surface area contributed by atoms with Gasteiger partial charge in [-0.15, -0.1) is 0 Å². The average Bonchev–Trinajstić information content (AvgIpc) is 1.90. The molecule has 50 valence electrons. The highest BCUT2D eigenvalue weighted by atomic mass is 14.6. The molecule has 0 saturated heterocycles. The van der Waals surface area contributed by atoms with Gasteiger partial charge in [-0.3, -0.25) is 4.98 Å². The fourth-order valence-electron chi connectivity index (χ4n) is 0.667. The number of hydrogen-bond acceptors (Lipinski definition) is 2. The molecule has 0 aromatic carbocycles. The topological polar surface area (TPSA) is 38.9 Å². The summed E-state index contributed by atoms with van der Waals surface area (Å²) in [5, 5.41) is 0. The van der Waals surface area contributed by atoms with Crippen LogP contribution >= 0.6 is 0 Å². The summed E-state index contributed by atoms with van der Waals surface area (Å²) in [6, 6.07) is 3.96. The molecule has 0 fully saturated rings. The predicted octanol–water partition coefficient (Wildman–Crippen LogP) is 1.35. The maximum absolute atomic E-state index is 5.59. The van der Waals surface area contributed by atoms with Gasteiger partial charge < -0.3 is 5.73 Å². The number of rotatable bonds is 1. The van der Waals surface area contributed by atoms with Gasteiger partial charge in [-0.1, -0.05) is 0 Å². The second-order valence-electron chi connectivity index (χ2n) is 2.07. The first-order valence-corrected chi connectivity index (χ1v) is 2.96. The van der Waals surface area contributed by atoms with Crippen LogP contribution in [0.25, 0.3) is 0 Å². The Labute approximate surface area is 56.2 Å². The second-order valence-corrected chi connectivity index (χ2v) is 2.07. The molecule has 1 rings (SSSR count). The Morgan fingerprint density at radius 2 is 2.11 bits per heavy atom. The molecule has 0 spiro atoms. The quantitative estimate of drug-likeness (QED) is 0.613. The van der Waals surface area contributed by atoms with Crippen molar-refractivity contribution in [1.82, 2.24) is 4.98 Å². The molecule has 2 N–H and O–H groups in total. The smallest absolute Gasteiger partial charge is 0.0271 e. The summed E-state index contributed by atoms with van der Waals surface area (Å²) >= 11 is 0. The van der Waals surface area contributed by atoms with E-state index in [0.29, 0.717) is 0 Å². The molecular formula is C7H12N2. The fraction of sp³-hybridized carbons (Fsp3) is 0.286. The van der Waals surface area contributed by atoms with Crippen LogP contribution in [-0.2, 0) is 0 Å². The van der Waals surface area contributed by atoms with E-state index in [-0.39, 0.29) is 7.47 Å². The summed E-state index contributed by atoms with van der Waals surface area (Å²) in [4.78, 5) is 3.87. The lowest BCUT2D eigenvalue weighted by molar-refractivity contribution is 0.815. The lowest BCUT2D eigenvalue weighted by Gasteiger charge is -2.01. The van der Waals surface area contributed by atoms with Crippen LogP contribution in [0.3, 0.4) is 0 Å². The van der Waals surface area contributed by atoms with Crippen LogP contribution < -0.4 is 5.73 Å². The minimum atomic E-state index is 0. The number of nitrogens with zero attached hydrogens (tertiary/aromatic N) is 1. The zero-order valence-electron chi connectivity index (χ0n) is 5.41. The van der Waals surface area contributed by atoms with E-state index in [1.807, 2.05) is 19.1 Å². The van der Waals surface area contributed by atoms with Gasteiger partial charge in [0, 0.05) is 19.9 Å². The largest absolute Gasteiger partial charge is 0.324 e. The molecule has 0 aliphatic rings. The standard InChI is InChI=1S/C7H10N2.H2/c1-6(8)7-2-4-9-5-3-7;/h2-6H,8H2,1H3;1H. The van der Waals surface area contributed by atoms with Crippen molar-refractivity contribution in [3.63, 3.8) is 0 Å². The first-order chi connectivity index (χ1) is 4.30. The summed E-state index contributed by atoms with van der Waals surface area (Å²) in [6.45, 7) is 1.95. The van der Waals surface area contributed by atoms with Crippen LogP contribution in [0.4, 0.5) is 0 Å². The molecule has 0 bridgehead atoms. The van der Waals surface area contributed by atoms with Crippen LogP contribution in [0.1, 0.15) is 20.0 Å². The Balaban J connectivity index is 0.000000810. The van der Waals surface area contributed by atoms with Gasteiger partial charge >= 0.3 is 0 Å². The Kier molecular flexibility index (Phi) is 1.80. The first-order valence-electron chi connectivity index (χ1n) is 2.96. The van der Waals surface area contributed by atoms with E-state index in [2.05, 4.69) is 4.98 Å². The lowest BCUT2D eigenvalue weighted by Crippen LogP contribution is -2.04. The molecule has 0 saturated carbocycles. The maximum atomic E-state index is 5.59. The van der Waals surface area contributed by atoms with Gasteiger partial charge in [0.05, 0.1) is 0 Å². The highest BCUT2D eigenvalue weighted by molar-refractivity contribution is 5.12. The highest BCUT2D eigenvalue weighted by Crippen LogP contribution is 2.05. The van der Waals surface area contributed by atoms with Crippen molar-refractivity contribution in [3.8, 4) is 0 Å². The summed E-state index contributed by atoms with van der Waals surface area (Å²) in [7, 11) is 0. The van der Waals surface area contributed by atoms with Crippen molar-refractivity contribution in [2.75, 3.05) is 0 Å². The van der Waals surface area contributed by atoms with Crippen molar-refractivity contribution in [3.05, 3.63) is 30.1 Å². The van der Waals surface area contributed by atoms with Gasteiger partial charge in [0.25, 0.3) is 0 Å². The molecule has 0 aliphatic carbocycles. The summed E-state index contributed by atoms with van der Waals surface area (Å²) < 4.78 is 0. The van der Waals surface area contributed by atoms with Gasteiger partial charge in [0.1, 0.15) is 0 Å². The Morgan fingerprint density at radius 1 is 1.56 bits per heavy atom. The molecule has 1 atom stereocenters. The second kappa shape index (κ2) is 2.60. The van der Waals surface area contributed by atoms with Crippen molar-refractivity contribution >= 4 is 0 Å². The van der Waals surface area contributed by atoms with Crippen LogP contribution in [0, 0.1) is 0 Å². The van der Waals surface area contributed by atoms with Crippen LogP contribution in [0.5, 0.6) is 0 Å². The SMILES string of the molecule is CC(N)c1ccncc1.[HH]. The van der Waals surface area contributed by atoms with E-state index in [1.54, 1.807) is 12.4 Å². The number of nitrogens with two attached hydrogens (primary N) is 1. The minimum absolute atomic E-state index is 0. The average molecular weight is 124 g/mol. The highest BCUT2D eigenvalue weighted by Gasteiger charge is 1.94. The van der Waals surface area contributed by atoms with Crippen LogP contribution in [0.15, 0.2) is 24.5 Å². The van der Waals surface area contributed by atoms with Crippen LogP contribution in [0.2, 0.25) is 0 Å². The molecule has 0 radical (unpaired) electrons. The number of pyridine rings is 1. The third-order valence-electron chi connectivity index (χ3n) is 1.23. The fourth-order valence-corrected chi connectivity index (χ4v) is 0.667. The number of hydrogen-bond donors (Lipinski definition) is 1. The first kappa shape index (κ1) is 6.23. The van der Waals surface area contributed by atoms with Gasteiger partial charge in [-0.05, 0) is 24.6 Å². The molecule has 0 aliphatic heterocycles. The van der Waals surface area contributed by atoms with Crippen molar-refractivity contribution in [2.24, 2.45) is 5.73 Å².